The molecular formula is C22H22F3N5O. The van der Waals surface area contributed by atoms with Crippen molar-refractivity contribution in [3.63, 3.8) is 0 Å². The zero-order chi connectivity index (χ0) is 22.0. The zero-order valence-corrected chi connectivity index (χ0v) is 16.9. The van der Waals surface area contributed by atoms with Crippen molar-refractivity contribution in [3.8, 4) is 0 Å². The van der Waals surface area contributed by atoms with Gasteiger partial charge in [-0.3, -0.25) is 9.20 Å². The van der Waals surface area contributed by atoms with E-state index in [2.05, 4.69) is 10.2 Å². The lowest BCUT2D eigenvalue weighted by atomic mass is 9.89. The Labute approximate surface area is 176 Å². The van der Waals surface area contributed by atoms with Gasteiger partial charge in [-0.15, -0.1) is 10.2 Å². The number of carbonyl (C=O) groups excluding carboxylic acids is 1. The third-order valence-corrected chi connectivity index (χ3v) is 6.68. The van der Waals surface area contributed by atoms with Crippen LogP contribution in [0.5, 0.6) is 0 Å². The summed E-state index contributed by atoms with van der Waals surface area (Å²) in [6, 6.07) is 9.43. The topological polar surface area (TPSA) is 76.5 Å². The summed E-state index contributed by atoms with van der Waals surface area (Å²) in [5, 5.41) is 8.13. The smallest absolute Gasteiger partial charge is 0.334 e. The van der Waals surface area contributed by atoms with Crippen molar-refractivity contribution < 1.29 is 18.0 Å². The van der Waals surface area contributed by atoms with Crippen LogP contribution in [0.25, 0.3) is 5.65 Å². The molecule has 1 aliphatic carbocycles. The van der Waals surface area contributed by atoms with Gasteiger partial charge in [-0.25, -0.2) is 0 Å². The predicted molar refractivity (Wildman–Crippen MR) is 107 cm³/mol. The lowest BCUT2D eigenvalue weighted by Crippen LogP contribution is -2.45. The number of rotatable bonds is 2. The van der Waals surface area contributed by atoms with Crippen molar-refractivity contribution in [3.05, 3.63) is 65.1 Å². The van der Waals surface area contributed by atoms with Crippen LogP contribution in [0.3, 0.4) is 0 Å². The van der Waals surface area contributed by atoms with Crippen molar-refractivity contribution in [2.75, 3.05) is 13.1 Å². The maximum atomic E-state index is 13.5. The van der Waals surface area contributed by atoms with Crippen LogP contribution in [-0.4, -0.2) is 44.0 Å². The molecule has 0 unspecified atom stereocenters. The molecule has 3 atom stereocenters. The molecule has 3 heterocycles. The van der Waals surface area contributed by atoms with E-state index in [0.717, 1.165) is 11.6 Å². The Morgan fingerprint density at radius 2 is 2.00 bits per heavy atom. The van der Waals surface area contributed by atoms with Gasteiger partial charge in [-0.2, -0.15) is 13.2 Å². The second-order valence-corrected chi connectivity index (χ2v) is 8.79. The molecule has 1 amide bonds. The van der Waals surface area contributed by atoms with Crippen LogP contribution in [0.1, 0.15) is 46.1 Å². The van der Waals surface area contributed by atoms with Crippen LogP contribution in [0.2, 0.25) is 0 Å². The maximum Gasteiger partial charge on any atom is 0.416 e. The molecule has 3 aromatic rings. The summed E-state index contributed by atoms with van der Waals surface area (Å²) in [5.74, 6) is -0.383. The SMILES string of the molecule is Cc1ccn2c(C(=O)N3C[C@@H]4C[C@H](c5ccccc5C(F)(F)F)C[C@]4(N)C3)nnc2c1. The number of alkyl halides is 3. The van der Waals surface area contributed by atoms with Gasteiger partial charge >= 0.3 is 6.18 Å². The van der Waals surface area contributed by atoms with Crippen molar-refractivity contribution in [1.29, 1.82) is 0 Å². The maximum absolute atomic E-state index is 13.5. The van der Waals surface area contributed by atoms with Gasteiger partial charge in [-0.05, 0) is 60.9 Å². The Kier molecular flexibility index (Phi) is 4.37. The van der Waals surface area contributed by atoms with E-state index in [4.69, 9.17) is 5.73 Å². The average Bonchev–Trinajstić information content (AvgIpc) is 3.36. The van der Waals surface area contributed by atoms with Gasteiger partial charge < -0.3 is 10.6 Å². The molecular weight excluding hydrogens is 407 g/mol. The number of carbonyl (C=O) groups is 1. The largest absolute Gasteiger partial charge is 0.416 e. The highest BCUT2D eigenvalue weighted by Crippen LogP contribution is 2.50. The number of pyridine rings is 1. The number of halogens is 3. The zero-order valence-electron chi connectivity index (χ0n) is 16.9. The number of nitrogens with two attached hydrogens (primary N) is 1. The van der Waals surface area contributed by atoms with E-state index >= 15 is 0 Å². The highest BCUT2D eigenvalue weighted by molar-refractivity contribution is 5.91. The predicted octanol–water partition coefficient (Wildman–Crippen LogP) is 3.40. The van der Waals surface area contributed by atoms with Gasteiger partial charge in [0.15, 0.2) is 5.65 Å². The average molecular weight is 429 g/mol. The summed E-state index contributed by atoms with van der Waals surface area (Å²) in [4.78, 5) is 14.8. The minimum absolute atomic E-state index is 0.0656. The second-order valence-electron chi connectivity index (χ2n) is 8.79. The molecule has 1 saturated heterocycles. The number of hydrogen-bond acceptors (Lipinski definition) is 4. The molecule has 6 nitrogen and oxygen atoms in total. The fourth-order valence-corrected chi connectivity index (χ4v) is 5.21. The number of hydrogen-bond donors (Lipinski definition) is 1. The Morgan fingerprint density at radius 1 is 1.23 bits per heavy atom. The van der Waals surface area contributed by atoms with Gasteiger partial charge in [0.1, 0.15) is 0 Å². The number of aromatic nitrogens is 3. The standard InChI is InChI=1S/C22H22F3N5O/c1-13-6-7-30-18(8-13)27-28-19(30)20(31)29-11-15-9-14(10-21(15,26)12-29)16-4-2-3-5-17(16)22(23,24)25/h2-8,14-15H,9-12,26H2,1H3/t14-,15-,21-/m0/s1. The van der Waals surface area contributed by atoms with E-state index in [-0.39, 0.29) is 23.6 Å². The molecule has 0 radical (unpaired) electrons. The van der Waals surface area contributed by atoms with Crippen LogP contribution in [-0.2, 0) is 6.18 Å². The first-order chi connectivity index (χ1) is 14.7. The number of benzene rings is 1. The number of aryl methyl sites for hydroxylation is 1. The third kappa shape index (κ3) is 3.27. The second kappa shape index (κ2) is 6.78. The quantitative estimate of drug-likeness (QED) is 0.678. The van der Waals surface area contributed by atoms with Gasteiger partial charge in [-0.1, -0.05) is 18.2 Å². The molecule has 2 aliphatic rings. The first kappa shape index (κ1) is 20.0. The van der Waals surface area contributed by atoms with Crippen LogP contribution < -0.4 is 5.73 Å². The molecule has 0 bridgehead atoms. The van der Waals surface area contributed by atoms with E-state index in [1.54, 1.807) is 27.6 Å². The molecule has 2 N–H and O–H groups in total. The molecule has 31 heavy (non-hydrogen) atoms. The molecule has 0 spiro atoms. The minimum atomic E-state index is -4.40. The highest BCUT2D eigenvalue weighted by Gasteiger charge is 2.53. The first-order valence-electron chi connectivity index (χ1n) is 10.2. The van der Waals surface area contributed by atoms with Gasteiger partial charge in [0, 0.05) is 24.8 Å². The molecule has 162 valence electrons. The van der Waals surface area contributed by atoms with Crippen LogP contribution in [0, 0.1) is 12.8 Å². The van der Waals surface area contributed by atoms with Crippen molar-refractivity contribution >= 4 is 11.6 Å². The number of amides is 1. The van der Waals surface area contributed by atoms with Gasteiger partial charge in [0.25, 0.3) is 5.91 Å². The van der Waals surface area contributed by atoms with Crippen LogP contribution >= 0.6 is 0 Å². The molecule has 2 aromatic heterocycles. The van der Waals surface area contributed by atoms with Crippen molar-refractivity contribution in [2.45, 2.75) is 37.4 Å². The van der Waals surface area contributed by atoms with Crippen molar-refractivity contribution in [2.24, 2.45) is 11.7 Å². The summed E-state index contributed by atoms with van der Waals surface area (Å²) in [7, 11) is 0. The Morgan fingerprint density at radius 3 is 2.74 bits per heavy atom. The van der Waals surface area contributed by atoms with Crippen molar-refractivity contribution in [1.82, 2.24) is 19.5 Å². The molecule has 1 saturated carbocycles. The van der Waals surface area contributed by atoms with E-state index in [1.807, 2.05) is 19.1 Å². The summed E-state index contributed by atoms with van der Waals surface area (Å²) >= 11 is 0. The monoisotopic (exact) mass is 429 g/mol. The van der Waals surface area contributed by atoms with Gasteiger partial charge in [0.05, 0.1) is 5.56 Å². The van der Waals surface area contributed by atoms with Crippen LogP contribution in [0.4, 0.5) is 13.2 Å². The fraction of sp³-hybridized carbons (Fsp3) is 0.409. The first-order valence-corrected chi connectivity index (χ1v) is 10.2. The molecule has 9 heteroatoms. The molecule has 5 rings (SSSR count). The Hall–Kier alpha value is -2.94. The summed E-state index contributed by atoms with van der Waals surface area (Å²) in [6.45, 7) is 2.63. The molecule has 1 aromatic carbocycles. The summed E-state index contributed by atoms with van der Waals surface area (Å²) in [6.07, 6.45) is -1.70. The lowest BCUT2D eigenvalue weighted by Gasteiger charge is -2.25. The van der Waals surface area contributed by atoms with Gasteiger partial charge in [0.2, 0.25) is 5.82 Å². The molecule has 1 aliphatic heterocycles. The van der Waals surface area contributed by atoms with E-state index in [0.29, 0.717) is 37.1 Å². The number of nitrogens with zero attached hydrogens (tertiary/aromatic N) is 4. The molecule has 2 fully saturated rings. The number of likely N-dealkylation sites (tertiary alicyclic amines) is 1. The Balaban J connectivity index is 1.37. The highest BCUT2D eigenvalue weighted by atomic mass is 19.4. The van der Waals surface area contributed by atoms with E-state index in [9.17, 15) is 18.0 Å². The summed E-state index contributed by atoms with van der Waals surface area (Å²) in [5.41, 5.74) is 7.24. The van der Waals surface area contributed by atoms with Crippen LogP contribution in [0.15, 0.2) is 42.6 Å². The Bertz CT molecular complexity index is 1170. The minimum Gasteiger partial charge on any atom is -0.334 e. The lowest BCUT2D eigenvalue weighted by molar-refractivity contribution is -0.138. The normalized spacial score (nSPS) is 25.9. The third-order valence-electron chi connectivity index (χ3n) is 6.68. The van der Waals surface area contributed by atoms with E-state index in [1.165, 1.54) is 6.07 Å². The summed E-state index contributed by atoms with van der Waals surface area (Å²) < 4.78 is 42.0. The fourth-order valence-electron chi connectivity index (χ4n) is 5.21. The number of fused-ring (bicyclic) bond motifs is 2. The van der Waals surface area contributed by atoms with E-state index < -0.39 is 17.3 Å².